The van der Waals surface area contributed by atoms with Gasteiger partial charge in [0, 0.05) is 17.7 Å². The molecule has 2 rings (SSSR count). The molecule has 0 atom stereocenters. The maximum Gasteiger partial charge on any atom is 0.269 e. The molecule has 130 valence electrons. The number of nitrogens with zero attached hydrogens (tertiary/aromatic N) is 2. The predicted octanol–water partition coefficient (Wildman–Crippen LogP) is 3.87. The molecule has 0 heterocycles. The molecule has 0 bridgehead atoms. The molecule has 0 saturated carbocycles. The average Bonchev–Trinajstić information content (AvgIpc) is 2.59. The van der Waals surface area contributed by atoms with Gasteiger partial charge in [0.05, 0.1) is 23.4 Å². The first-order chi connectivity index (χ1) is 12.0. The summed E-state index contributed by atoms with van der Waals surface area (Å²) >= 11 is 0. The van der Waals surface area contributed by atoms with Gasteiger partial charge >= 0.3 is 0 Å². The number of nitrogens with one attached hydrogen (secondary N) is 1. The molecule has 0 saturated heterocycles. The zero-order valence-electron chi connectivity index (χ0n) is 13.8. The number of aromatic hydroxyl groups is 1. The van der Waals surface area contributed by atoms with Crippen molar-refractivity contribution in [2.24, 2.45) is 5.10 Å². The van der Waals surface area contributed by atoms with Crippen LogP contribution in [0.2, 0.25) is 0 Å². The largest absolute Gasteiger partial charge is 0.504 e. The molecule has 7 nitrogen and oxygen atoms in total. The van der Waals surface area contributed by atoms with E-state index in [1.54, 1.807) is 36.6 Å². The van der Waals surface area contributed by atoms with Gasteiger partial charge in [0.2, 0.25) is 0 Å². The average molecular weight is 341 g/mol. The lowest BCUT2D eigenvalue weighted by molar-refractivity contribution is -0.384. The fourth-order valence-corrected chi connectivity index (χ4v) is 2.18. The lowest BCUT2D eigenvalue weighted by atomic mass is 10.1. The van der Waals surface area contributed by atoms with Crippen molar-refractivity contribution in [3.63, 3.8) is 0 Å². The summed E-state index contributed by atoms with van der Waals surface area (Å²) < 4.78 is 5.43. The number of nitro benzene ring substituents is 1. The van der Waals surface area contributed by atoms with Gasteiger partial charge in [-0.05, 0) is 43.2 Å². The quantitative estimate of drug-likeness (QED) is 0.329. The molecule has 0 aliphatic carbocycles. The molecule has 0 fully saturated rings. The van der Waals surface area contributed by atoms with Crippen molar-refractivity contribution < 1.29 is 14.8 Å². The maximum atomic E-state index is 10.6. The molecule has 0 aliphatic rings. The van der Waals surface area contributed by atoms with Crippen molar-refractivity contribution >= 4 is 17.6 Å². The Morgan fingerprint density at radius 3 is 2.68 bits per heavy atom. The molecule has 25 heavy (non-hydrogen) atoms. The highest BCUT2D eigenvalue weighted by atomic mass is 16.6. The van der Waals surface area contributed by atoms with Crippen molar-refractivity contribution in [2.75, 3.05) is 12.0 Å². The van der Waals surface area contributed by atoms with Gasteiger partial charge in [-0.25, -0.2) is 0 Å². The number of nitro groups is 1. The van der Waals surface area contributed by atoms with Crippen molar-refractivity contribution in [3.8, 4) is 11.5 Å². The molecule has 0 amide bonds. The van der Waals surface area contributed by atoms with Crippen LogP contribution in [0.1, 0.15) is 18.1 Å². The second kappa shape index (κ2) is 8.49. The van der Waals surface area contributed by atoms with Crippen molar-refractivity contribution in [2.45, 2.75) is 13.3 Å². The van der Waals surface area contributed by atoms with E-state index in [1.165, 1.54) is 12.1 Å². The van der Waals surface area contributed by atoms with Crippen LogP contribution in [0.4, 0.5) is 11.4 Å². The number of hydrazone groups is 1. The highest BCUT2D eigenvalue weighted by Crippen LogP contribution is 2.32. The van der Waals surface area contributed by atoms with Crippen LogP contribution in [0, 0.1) is 10.1 Å². The summed E-state index contributed by atoms with van der Waals surface area (Å²) in [6.07, 6.45) is 3.78. The Hall–Kier alpha value is -3.35. The number of phenols is 1. The second-order valence-electron chi connectivity index (χ2n) is 5.13. The first-order valence-corrected chi connectivity index (χ1v) is 7.68. The van der Waals surface area contributed by atoms with E-state index in [2.05, 4.69) is 17.1 Å². The molecule has 2 aromatic rings. The minimum absolute atomic E-state index is 0.0171. The number of rotatable bonds is 8. The fraction of sp³-hybridized carbons (Fsp3) is 0.167. The smallest absolute Gasteiger partial charge is 0.269 e. The standard InChI is InChI=1S/C18H19N3O4/c1-3-5-14-10-13(11-17(18(14)22)25-4-2)12-19-20-15-6-8-16(9-7-15)21(23)24/h3,6-12,20,22H,1,4-5H2,2H3/b19-12-. The van der Waals surface area contributed by atoms with Crippen LogP contribution in [0.5, 0.6) is 11.5 Å². The van der Waals surface area contributed by atoms with Gasteiger partial charge in [-0.2, -0.15) is 5.10 Å². The van der Waals surface area contributed by atoms with E-state index >= 15 is 0 Å². The maximum absolute atomic E-state index is 10.6. The normalized spacial score (nSPS) is 10.6. The minimum atomic E-state index is -0.458. The van der Waals surface area contributed by atoms with E-state index in [1.807, 2.05) is 6.92 Å². The number of benzene rings is 2. The third-order valence-electron chi connectivity index (χ3n) is 3.33. The van der Waals surface area contributed by atoms with Gasteiger partial charge < -0.3 is 9.84 Å². The summed E-state index contributed by atoms with van der Waals surface area (Å²) in [5.41, 5.74) is 4.87. The van der Waals surface area contributed by atoms with Gasteiger partial charge in [0.15, 0.2) is 11.5 Å². The van der Waals surface area contributed by atoms with Gasteiger partial charge in [-0.1, -0.05) is 6.08 Å². The Kier molecular flexibility index (Phi) is 6.11. The lowest BCUT2D eigenvalue weighted by Crippen LogP contribution is -1.97. The molecule has 0 aliphatic heterocycles. The molecule has 2 aromatic carbocycles. The number of non-ortho nitro benzene ring substituents is 1. The fourth-order valence-electron chi connectivity index (χ4n) is 2.18. The number of hydrogen-bond acceptors (Lipinski definition) is 6. The highest BCUT2D eigenvalue weighted by molar-refractivity contribution is 5.82. The van der Waals surface area contributed by atoms with E-state index in [0.29, 0.717) is 30.0 Å². The number of allylic oxidation sites excluding steroid dienone is 1. The van der Waals surface area contributed by atoms with Crippen molar-refractivity contribution in [1.82, 2.24) is 0 Å². The van der Waals surface area contributed by atoms with E-state index < -0.39 is 4.92 Å². The summed E-state index contributed by atoms with van der Waals surface area (Å²) in [5.74, 6) is 0.487. The number of hydrogen-bond donors (Lipinski definition) is 2. The second-order valence-corrected chi connectivity index (χ2v) is 5.13. The molecular weight excluding hydrogens is 322 g/mol. The molecule has 2 N–H and O–H groups in total. The Bertz CT molecular complexity index is 786. The molecular formula is C18H19N3O4. The third kappa shape index (κ3) is 4.81. The highest BCUT2D eigenvalue weighted by Gasteiger charge is 2.09. The van der Waals surface area contributed by atoms with Crippen LogP contribution in [0.3, 0.4) is 0 Å². The SMILES string of the molecule is C=CCc1cc(/C=N\Nc2ccc([N+](=O)[O-])cc2)cc(OCC)c1O. The Balaban J connectivity index is 2.16. The molecule has 7 heteroatoms. The van der Waals surface area contributed by atoms with Crippen LogP contribution in [-0.4, -0.2) is 22.9 Å². The predicted molar refractivity (Wildman–Crippen MR) is 97.5 cm³/mol. The van der Waals surface area contributed by atoms with Crippen LogP contribution in [-0.2, 0) is 6.42 Å². The molecule has 0 aromatic heterocycles. The first-order valence-electron chi connectivity index (χ1n) is 7.68. The van der Waals surface area contributed by atoms with Crippen LogP contribution < -0.4 is 10.2 Å². The minimum Gasteiger partial charge on any atom is -0.504 e. The molecule has 0 radical (unpaired) electrons. The van der Waals surface area contributed by atoms with Crippen LogP contribution >= 0.6 is 0 Å². The Labute approximate surface area is 145 Å². The Morgan fingerprint density at radius 2 is 2.08 bits per heavy atom. The number of phenolic OH excluding ortho intramolecular Hbond substituents is 1. The van der Waals surface area contributed by atoms with Crippen molar-refractivity contribution in [1.29, 1.82) is 0 Å². The molecule has 0 spiro atoms. The zero-order valence-corrected chi connectivity index (χ0v) is 13.8. The third-order valence-corrected chi connectivity index (χ3v) is 3.33. The number of ether oxygens (including phenoxy) is 1. The summed E-state index contributed by atoms with van der Waals surface area (Å²) in [6.45, 7) is 5.95. The summed E-state index contributed by atoms with van der Waals surface area (Å²) in [6, 6.07) is 9.41. The summed E-state index contributed by atoms with van der Waals surface area (Å²) in [7, 11) is 0. The first kappa shape index (κ1) is 18.0. The van der Waals surface area contributed by atoms with E-state index in [4.69, 9.17) is 4.74 Å². The van der Waals surface area contributed by atoms with Gasteiger partial charge in [0.1, 0.15) is 0 Å². The number of anilines is 1. The van der Waals surface area contributed by atoms with Gasteiger partial charge in [-0.3, -0.25) is 15.5 Å². The van der Waals surface area contributed by atoms with Gasteiger partial charge in [0.25, 0.3) is 5.69 Å². The van der Waals surface area contributed by atoms with E-state index in [-0.39, 0.29) is 11.4 Å². The Morgan fingerprint density at radius 1 is 1.36 bits per heavy atom. The van der Waals surface area contributed by atoms with Crippen molar-refractivity contribution in [3.05, 3.63) is 70.3 Å². The van der Waals surface area contributed by atoms with Crippen LogP contribution in [0.15, 0.2) is 54.2 Å². The zero-order chi connectivity index (χ0) is 18.2. The van der Waals surface area contributed by atoms with E-state index in [9.17, 15) is 15.2 Å². The van der Waals surface area contributed by atoms with E-state index in [0.717, 1.165) is 5.56 Å². The molecule has 0 unspecified atom stereocenters. The van der Waals surface area contributed by atoms with Crippen LogP contribution in [0.25, 0.3) is 0 Å². The monoisotopic (exact) mass is 341 g/mol. The lowest BCUT2D eigenvalue weighted by Gasteiger charge is -2.10. The summed E-state index contributed by atoms with van der Waals surface area (Å²) in [4.78, 5) is 10.2. The topological polar surface area (TPSA) is 97.0 Å². The van der Waals surface area contributed by atoms with Gasteiger partial charge in [-0.15, -0.1) is 6.58 Å². The summed E-state index contributed by atoms with van der Waals surface area (Å²) in [5, 5.41) is 24.9.